The van der Waals surface area contributed by atoms with Gasteiger partial charge in [0.2, 0.25) is 0 Å². The summed E-state index contributed by atoms with van der Waals surface area (Å²) in [6.07, 6.45) is 3.63. The van der Waals surface area contributed by atoms with Crippen LogP contribution in [-0.4, -0.2) is 19.7 Å². The number of thioether (sulfide) groups is 1. The van der Waals surface area contributed by atoms with Crippen LogP contribution in [0.15, 0.2) is 35.4 Å². The Bertz CT molecular complexity index is 665. The largest absolute Gasteiger partial charge is 0.263 e. The number of rotatable bonds is 5. The topological polar surface area (TPSA) is 59.1 Å². The van der Waals surface area contributed by atoms with Crippen LogP contribution in [0.1, 0.15) is 10.4 Å². The van der Waals surface area contributed by atoms with E-state index in [4.69, 9.17) is 0 Å². The highest BCUT2D eigenvalue weighted by Gasteiger charge is 2.16. The molecule has 1 aromatic carbocycles. The summed E-state index contributed by atoms with van der Waals surface area (Å²) in [5.74, 6) is 0.791. The van der Waals surface area contributed by atoms with Crippen molar-refractivity contribution in [2.75, 3.05) is 11.0 Å². The standard InChI is InChI=1S/C12H14N2O2S3/c1-9-7-13-12(18-9)14-19(15,16)11-5-3-4-10(6-11)8-17-2/h3-7H,8H2,1-2H3,(H,13,14). The molecule has 0 bridgehead atoms. The summed E-state index contributed by atoms with van der Waals surface area (Å²) in [5.41, 5.74) is 0.991. The molecule has 1 N–H and O–H groups in total. The Morgan fingerprint density at radius 2 is 2.21 bits per heavy atom. The van der Waals surface area contributed by atoms with Gasteiger partial charge in [-0.2, -0.15) is 11.8 Å². The second-order valence-corrected chi connectivity index (χ2v) is 7.75. The zero-order chi connectivity index (χ0) is 13.9. The number of sulfonamides is 1. The average Bonchev–Trinajstić information content (AvgIpc) is 2.75. The fourth-order valence-electron chi connectivity index (χ4n) is 1.54. The van der Waals surface area contributed by atoms with Gasteiger partial charge in [-0.3, -0.25) is 4.72 Å². The van der Waals surface area contributed by atoms with Crippen LogP contribution in [-0.2, 0) is 15.8 Å². The van der Waals surface area contributed by atoms with Crippen molar-refractivity contribution in [2.24, 2.45) is 0 Å². The third-order valence-electron chi connectivity index (χ3n) is 2.36. The predicted octanol–water partition coefficient (Wildman–Crippen LogP) is 3.12. The summed E-state index contributed by atoms with van der Waals surface area (Å²) in [5, 5.41) is 0.396. The summed E-state index contributed by atoms with van der Waals surface area (Å²) in [4.78, 5) is 5.25. The zero-order valence-corrected chi connectivity index (χ0v) is 13.0. The van der Waals surface area contributed by atoms with Crippen LogP contribution in [0.5, 0.6) is 0 Å². The van der Waals surface area contributed by atoms with Gasteiger partial charge in [-0.25, -0.2) is 13.4 Å². The molecule has 0 aliphatic rings. The van der Waals surface area contributed by atoms with Crippen molar-refractivity contribution in [1.82, 2.24) is 4.98 Å². The Morgan fingerprint density at radius 1 is 1.42 bits per heavy atom. The molecule has 0 amide bonds. The van der Waals surface area contributed by atoms with E-state index in [9.17, 15) is 8.42 Å². The lowest BCUT2D eigenvalue weighted by molar-refractivity contribution is 0.601. The monoisotopic (exact) mass is 314 g/mol. The molecule has 0 radical (unpaired) electrons. The molecule has 4 nitrogen and oxygen atoms in total. The van der Waals surface area contributed by atoms with E-state index in [1.54, 1.807) is 36.2 Å². The number of aryl methyl sites for hydroxylation is 1. The van der Waals surface area contributed by atoms with Crippen LogP contribution in [0, 0.1) is 6.92 Å². The van der Waals surface area contributed by atoms with Gasteiger partial charge in [-0.15, -0.1) is 11.3 Å². The third kappa shape index (κ3) is 3.71. The summed E-state index contributed by atoms with van der Waals surface area (Å²) >= 11 is 2.97. The van der Waals surface area contributed by atoms with Gasteiger partial charge in [0.15, 0.2) is 5.13 Å². The highest BCUT2D eigenvalue weighted by Crippen LogP contribution is 2.22. The molecular formula is C12H14N2O2S3. The van der Waals surface area contributed by atoms with E-state index >= 15 is 0 Å². The fraction of sp³-hybridized carbons (Fsp3) is 0.250. The predicted molar refractivity (Wildman–Crippen MR) is 81.3 cm³/mol. The first-order valence-corrected chi connectivity index (χ1v) is 9.24. The molecule has 2 aromatic rings. The van der Waals surface area contributed by atoms with Gasteiger partial charge in [0, 0.05) is 16.8 Å². The molecule has 0 fully saturated rings. The van der Waals surface area contributed by atoms with Crippen molar-refractivity contribution in [3.63, 3.8) is 0 Å². The minimum absolute atomic E-state index is 0.270. The molecule has 0 aliphatic heterocycles. The second kappa shape index (κ2) is 5.94. The first-order chi connectivity index (χ1) is 9.01. The number of nitrogens with one attached hydrogen (secondary N) is 1. The van der Waals surface area contributed by atoms with E-state index in [-0.39, 0.29) is 4.90 Å². The van der Waals surface area contributed by atoms with Crippen molar-refractivity contribution in [3.8, 4) is 0 Å². The third-order valence-corrected chi connectivity index (χ3v) is 5.28. The number of thiazole rings is 1. The summed E-state index contributed by atoms with van der Waals surface area (Å²) in [6, 6.07) is 6.96. The second-order valence-electron chi connectivity index (χ2n) is 3.96. The van der Waals surface area contributed by atoms with E-state index in [1.807, 2.05) is 19.2 Å². The van der Waals surface area contributed by atoms with Crippen molar-refractivity contribution < 1.29 is 8.42 Å². The van der Waals surface area contributed by atoms with E-state index < -0.39 is 10.0 Å². The molecule has 0 aliphatic carbocycles. The molecule has 7 heteroatoms. The Labute approximate surface area is 121 Å². The minimum atomic E-state index is -3.55. The first-order valence-electron chi connectivity index (χ1n) is 5.54. The van der Waals surface area contributed by atoms with Crippen LogP contribution >= 0.6 is 23.1 Å². The number of nitrogens with zero attached hydrogens (tertiary/aromatic N) is 1. The van der Waals surface area contributed by atoms with Crippen LogP contribution in [0.4, 0.5) is 5.13 Å². The van der Waals surface area contributed by atoms with Gasteiger partial charge < -0.3 is 0 Å². The molecule has 1 aromatic heterocycles. The fourth-order valence-corrected chi connectivity index (χ4v) is 4.03. The Morgan fingerprint density at radius 3 is 2.84 bits per heavy atom. The lowest BCUT2D eigenvalue weighted by atomic mass is 10.2. The molecule has 1 heterocycles. The quantitative estimate of drug-likeness (QED) is 0.921. The number of benzene rings is 1. The van der Waals surface area contributed by atoms with Gasteiger partial charge in [-0.1, -0.05) is 12.1 Å². The van der Waals surface area contributed by atoms with Crippen LogP contribution < -0.4 is 4.72 Å². The maximum atomic E-state index is 12.2. The molecule has 0 saturated heterocycles. The maximum absolute atomic E-state index is 12.2. The van der Waals surface area contributed by atoms with E-state index in [1.165, 1.54) is 11.3 Å². The molecule has 2 rings (SSSR count). The summed E-state index contributed by atoms with van der Waals surface area (Å²) < 4.78 is 26.9. The number of aromatic nitrogens is 1. The average molecular weight is 314 g/mol. The lowest BCUT2D eigenvalue weighted by Crippen LogP contribution is -2.12. The smallest absolute Gasteiger partial charge is 0.255 e. The van der Waals surface area contributed by atoms with Crippen molar-refractivity contribution in [3.05, 3.63) is 40.9 Å². The highest BCUT2D eigenvalue weighted by molar-refractivity contribution is 7.97. The van der Waals surface area contributed by atoms with Gasteiger partial charge >= 0.3 is 0 Å². The van der Waals surface area contributed by atoms with Gasteiger partial charge in [0.25, 0.3) is 10.0 Å². The Kier molecular flexibility index (Phi) is 4.49. The van der Waals surface area contributed by atoms with Gasteiger partial charge in [0.1, 0.15) is 0 Å². The molecule has 0 saturated carbocycles. The minimum Gasteiger partial charge on any atom is -0.255 e. The SMILES string of the molecule is CSCc1cccc(S(=O)(=O)Nc2ncc(C)s2)c1. The van der Waals surface area contributed by atoms with Crippen molar-refractivity contribution in [1.29, 1.82) is 0 Å². The van der Waals surface area contributed by atoms with E-state index in [0.717, 1.165) is 16.2 Å². The molecule has 19 heavy (non-hydrogen) atoms. The molecule has 0 spiro atoms. The number of hydrogen-bond acceptors (Lipinski definition) is 5. The lowest BCUT2D eigenvalue weighted by Gasteiger charge is -2.06. The zero-order valence-electron chi connectivity index (χ0n) is 10.6. The number of anilines is 1. The van der Waals surface area contributed by atoms with Crippen LogP contribution in [0.2, 0.25) is 0 Å². The summed E-state index contributed by atoms with van der Waals surface area (Å²) in [7, 11) is -3.55. The molecule has 0 atom stereocenters. The molecule has 102 valence electrons. The Hall–Kier alpha value is -1.05. The Balaban J connectivity index is 2.26. The van der Waals surface area contributed by atoms with E-state index in [0.29, 0.717) is 5.13 Å². The van der Waals surface area contributed by atoms with Crippen LogP contribution in [0.25, 0.3) is 0 Å². The van der Waals surface area contributed by atoms with Crippen molar-refractivity contribution in [2.45, 2.75) is 17.6 Å². The molecular weight excluding hydrogens is 300 g/mol. The van der Waals surface area contributed by atoms with E-state index in [2.05, 4.69) is 9.71 Å². The molecule has 0 unspecified atom stereocenters. The van der Waals surface area contributed by atoms with Gasteiger partial charge in [-0.05, 0) is 30.9 Å². The van der Waals surface area contributed by atoms with Crippen molar-refractivity contribution >= 4 is 38.3 Å². The summed E-state index contributed by atoms with van der Waals surface area (Å²) in [6.45, 7) is 1.88. The number of hydrogen-bond donors (Lipinski definition) is 1. The maximum Gasteiger partial charge on any atom is 0.263 e. The first kappa shape index (κ1) is 14.4. The normalized spacial score (nSPS) is 11.5. The highest BCUT2D eigenvalue weighted by atomic mass is 32.2. The van der Waals surface area contributed by atoms with Gasteiger partial charge in [0.05, 0.1) is 4.90 Å². The van der Waals surface area contributed by atoms with Crippen LogP contribution in [0.3, 0.4) is 0 Å².